The zero-order chi connectivity index (χ0) is 17.4. The summed E-state index contributed by atoms with van der Waals surface area (Å²) in [6.45, 7) is 5.61. The number of nitrogens with one attached hydrogen (secondary N) is 2. The van der Waals surface area contributed by atoms with Gasteiger partial charge >= 0.3 is 0 Å². The fraction of sp³-hybridized carbons (Fsp3) is 0.389. The Bertz CT molecular complexity index is 639. The minimum absolute atomic E-state index is 0.243. The van der Waals surface area contributed by atoms with Crippen LogP contribution in [0.1, 0.15) is 36.3 Å². The highest BCUT2D eigenvalue weighted by Gasteiger charge is 2.08. The molecule has 2 rings (SSSR count). The molecule has 6 heteroatoms. The zero-order valence-electron chi connectivity index (χ0n) is 14.4. The summed E-state index contributed by atoms with van der Waals surface area (Å²) < 4.78 is 5.10. The second-order valence-corrected chi connectivity index (χ2v) is 5.93. The molecule has 0 radical (unpaired) electrons. The van der Waals surface area contributed by atoms with Crippen molar-refractivity contribution in [1.82, 2.24) is 15.3 Å². The topological polar surface area (TPSA) is 76.1 Å². The number of hydrogen-bond donors (Lipinski definition) is 2. The number of amides is 1. The molecule has 128 valence electrons. The maximum atomic E-state index is 12.1. The van der Waals surface area contributed by atoms with Gasteiger partial charge in [-0.3, -0.25) is 4.79 Å². The van der Waals surface area contributed by atoms with Gasteiger partial charge in [-0.05, 0) is 30.0 Å². The van der Waals surface area contributed by atoms with E-state index >= 15 is 0 Å². The van der Waals surface area contributed by atoms with Crippen LogP contribution in [0.5, 0.6) is 5.75 Å². The molecule has 1 amide bonds. The summed E-state index contributed by atoms with van der Waals surface area (Å²) in [5.74, 6) is 1.86. The molecule has 0 saturated carbocycles. The SMILES string of the molecule is COc1ccc(CNC(=O)c2cnc(NCCC(C)C)cn2)cc1. The molecule has 1 heterocycles. The van der Waals surface area contributed by atoms with E-state index in [1.165, 1.54) is 6.20 Å². The number of hydrogen-bond acceptors (Lipinski definition) is 5. The number of nitrogens with zero attached hydrogens (tertiary/aromatic N) is 2. The first-order valence-corrected chi connectivity index (χ1v) is 8.05. The van der Waals surface area contributed by atoms with Crippen LogP contribution in [0.3, 0.4) is 0 Å². The van der Waals surface area contributed by atoms with Gasteiger partial charge in [-0.15, -0.1) is 0 Å². The third-order valence-corrected chi connectivity index (χ3v) is 3.52. The lowest BCUT2D eigenvalue weighted by molar-refractivity contribution is 0.0945. The van der Waals surface area contributed by atoms with E-state index in [1.54, 1.807) is 13.3 Å². The minimum Gasteiger partial charge on any atom is -0.497 e. The zero-order valence-corrected chi connectivity index (χ0v) is 14.4. The van der Waals surface area contributed by atoms with Crippen LogP contribution in [0.4, 0.5) is 5.82 Å². The fourth-order valence-corrected chi connectivity index (χ4v) is 2.04. The Morgan fingerprint density at radius 1 is 1.17 bits per heavy atom. The van der Waals surface area contributed by atoms with E-state index in [4.69, 9.17) is 4.74 Å². The number of carbonyl (C=O) groups is 1. The largest absolute Gasteiger partial charge is 0.497 e. The van der Waals surface area contributed by atoms with Crippen molar-refractivity contribution >= 4 is 11.7 Å². The maximum absolute atomic E-state index is 12.1. The average Bonchev–Trinajstić information content (AvgIpc) is 2.60. The molecule has 0 aliphatic rings. The lowest BCUT2D eigenvalue weighted by atomic mass is 10.1. The summed E-state index contributed by atoms with van der Waals surface area (Å²) in [5, 5.41) is 6.02. The van der Waals surface area contributed by atoms with Crippen molar-refractivity contribution in [3.63, 3.8) is 0 Å². The second kappa shape index (κ2) is 8.86. The quantitative estimate of drug-likeness (QED) is 0.779. The number of rotatable bonds is 8. The number of carbonyl (C=O) groups excluding carboxylic acids is 1. The fourth-order valence-electron chi connectivity index (χ4n) is 2.04. The summed E-state index contributed by atoms with van der Waals surface area (Å²) >= 11 is 0. The smallest absolute Gasteiger partial charge is 0.271 e. The summed E-state index contributed by atoms with van der Waals surface area (Å²) in [6, 6.07) is 7.54. The lowest BCUT2D eigenvalue weighted by Crippen LogP contribution is -2.24. The predicted octanol–water partition coefficient (Wildman–Crippen LogP) is 2.87. The van der Waals surface area contributed by atoms with Crippen molar-refractivity contribution in [2.45, 2.75) is 26.8 Å². The molecule has 2 aromatic rings. The average molecular weight is 328 g/mol. The Morgan fingerprint density at radius 2 is 1.92 bits per heavy atom. The molecule has 0 unspecified atom stereocenters. The van der Waals surface area contributed by atoms with Gasteiger partial charge in [-0.25, -0.2) is 9.97 Å². The number of ether oxygens (including phenoxy) is 1. The Morgan fingerprint density at radius 3 is 2.50 bits per heavy atom. The molecule has 0 fully saturated rings. The number of methoxy groups -OCH3 is 1. The first-order valence-electron chi connectivity index (χ1n) is 8.05. The van der Waals surface area contributed by atoms with E-state index in [1.807, 2.05) is 24.3 Å². The summed E-state index contributed by atoms with van der Waals surface area (Å²) in [6.07, 6.45) is 4.13. The van der Waals surface area contributed by atoms with Crippen molar-refractivity contribution in [3.05, 3.63) is 47.9 Å². The third-order valence-electron chi connectivity index (χ3n) is 3.52. The van der Waals surface area contributed by atoms with E-state index in [-0.39, 0.29) is 5.91 Å². The van der Waals surface area contributed by atoms with Gasteiger partial charge in [0.1, 0.15) is 17.3 Å². The lowest BCUT2D eigenvalue weighted by Gasteiger charge is -2.08. The van der Waals surface area contributed by atoms with E-state index in [0.717, 1.165) is 24.3 Å². The highest BCUT2D eigenvalue weighted by atomic mass is 16.5. The van der Waals surface area contributed by atoms with Crippen molar-refractivity contribution < 1.29 is 9.53 Å². The summed E-state index contributed by atoms with van der Waals surface area (Å²) in [4.78, 5) is 20.5. The van der Waals surface area contributed by atoms with E-state index in [0.29, 0.717) is 24.0 Å². The van der Waals surface area contributed by atoms with Crippen molar-refractivity contribution in [2.75, 3.05) is 19.0 Å². The molecule has 0 bridgehead atoms. The van der Waals surface area contributed by atoms with E-state index < -0.39 is 0 Å². The van der Waals surface area contributed by atoms with Crippen LogP contribution < -0.4 is 15.4 Å². The van der Waals surface area contributed by atoms with Gasteiger partial charge < -0.3 is 15.4 Å². The summed E-state index contributed by atoms with van der Waals surface area (Å²) in [7, 11) is 1.62. The number of anilines is 1. The molecule has 0 saturated heterocycles. The van der Waals surface area contributed by atoms with Crippen LogP contribution in [-0.4, -0.2) is 29.5 Å². The van der Waals surface area contributed by atoms with Crippen LogP contribution in [0, 0.1) is 5.92 Å². The van der Waals surface area contributed by atoms with Gasteiger partial charge in [0.2, 0.25) is 0 Å². The molecule has 0 aliphatic heterocycles. The summed E-state index contributed by atoms with van der Waals surface area (Å²) in [5.41, 5.74) is 1.29. The van der Waals surface area contributed by atoms with Gasteiger partial charge in [-0.1, -0.05) is 26.0 Å². The highest BCUT2D eigenvalue weighted by molar-refractivity contribution is 5.91. The van der Waals surface area contributed by atoms with Crippen molar-refractivity contribution in [1.29, 1.82) is 0 Å². The number of aromatic nitrogens is 2. The third kappa shape index (κ3) is 5.53. The first kappa shape index (κ1) is 17.7. The Kier molecular flexibility index (Phi) is 6.54. The van der Waals surface area contributed by atoms with E-state index in [2.05, 4.69) is 34.4 Å². The molecular weight excluding hydrogens is 304 g/mol. The minimum atomic E-state index is -0.243. The molecule has 1 aromatic carbocycles. The second-order valence-electron chi connectivity index (χ2n) is 5.93. The Labute approximate surface area is 142 Å². The number of benzene rings is 1. The van der Waals surface area contributed by atoms with Crippen LogP contribution in [0.25, 0.3) is 0 Å². The van der Waals surface area contributed by atoms with Crippen LogP contribution >= 0.6 is 0 Å². The maximum Gasteiger partial charge on any atom is 0.271 e. The van der Waals surface area contributed by atoms with Crippen LogP contribution in [0.2, 0.25) is 0 Å². The van der Waals surface area contributed by atoms with Gasteiger partial charge in [0, 0.05) is 13.1 Å². The van der Waals surface area contributed by atoms with Gasteiger partial charge in [0.05, 0.1) is 19.5 Å². The monoisotopic (exact) mass is 328 g/mol. The highest BCUT2D eigenvalue weighted by Crippen LogP contribution is 2.11. The van der Waals surface area contributed by atoms with Gasteiger partial charge in [-0.2, -0.15) is 0 Å². The molecule has 0 aliphatic carbocycles. The molecule has 1 aromatic heterocycles. The van der Waals surface area contributed by atoms with Gasteiger partial charge in [0.25, 0.3) is 5.91 Å². The molecule has 24 heavy (non-hydrogen) atoms. The Balaban J connectivity index is 1.83. The molecule has 6 nitrogen and oxygen atoms in total. The standard InChI is InChI=1S/C18H24N4O2/c1-13(2)8-9-19-17-12-20-16(11-21-17)18(23)22-10-14-4-6-15(24-3)7-5-14/h4-7,11-13H,8-10H2,1-3H3,(H,19,21)(H,22,23). The van der Waals surface area contributed by atoms with Crippen LogP contribution in [0.15, 0.2) is 36.7 Å². The Hall–Kier alpha value is -2.63. The normalized spacial score (nSPS) is 10.5. The molecular formula is C18H24N4O2. The van der Waals surface area contributed by atoms with Crippen molar-refractivity contribution in [2.24, 2.45) is 5.92 Å². The van der Waals surface area contributed by atoms with E-state index in [9.17, 15) is 4.79 Å². The van der Waals surface area contributed by atoms with Crippen molar-refractivity contribution in [3.8, 4) is 5.75 Å². The molecule has 0 atom stereocenters. The molecule has 0 spiro atoms. The first-order chi connectivity index (χ1) is 11.6. The predicted molar refractivity (Wildman–Crippen MR) is 94.1 cm³/mol. The van der Waals surface area contributed by atoms with Crippen LogP contribution in [-0.2, 0) is 6.54 Å². The molecule has 2 N–H and O–H groups in total. The van der Waals surface area contributed by atoms with Gasteiger partial charge in [0.15, 0.2) is 0 Å².